The van der Waals surface area contributed by atoms with E-state index < -0.39 is 30.2 Å². The lowest BCUT2D eigenvalue weighted by Gasteiger charge is -2.15. The summed E-state index contributed by atoms with van der Waals surface area (Å²) < 4.78 is 0. The lowest BCUT2D eigenvalue weighted by Crippen LogP contribution is -2.41. The summed E-state index contributed by atoms with van der Waals surface area (Å²) in [5, 5.41) is 10.5. The van der Waals surface area contributed by atoms with Gasteiger partial charge < -0.3 is 9.90 Å². The van der Waals surface area contributed by atoms with Crippen molar-refractivity contribution in [2.24, 2.45) is 5.92 Å². The molecule has 1 fully saturated rings. The number of rotatable bonds is 4. The fourth-order valence-electron chi connectivity index (χ4n) is 2.21. The van der Waals surface area contributed by atoms with Crippen molar-refractivity contribution in [1.82, 2.24) is 4.90 Å². The SMILES string of the molecule is Cc1ccc(C[C@@H]2CC(=O)N(CC(=O)[O-])C2=O)cc1. The van der Waals surface area contributed by atoms with Crippen LogP contribution in [0.3, 0.4) is 0 Å². The average molecular weight is 260 g/mol. The molecule has 1 aromatic rings. The minimum absolute atomic E-state index is 0.0694. The summed E-state index contributed by atoms with van der Waals surface area (Å²) in [5.74, 6) is -2.74. The minimum Gasteiger partial charge on any atom is -0.548 e. The number of carbonyl (C=O) groups excluding carboxylic acids is 3. The van der Waals surface area contributed by atoms with Gasteiger partial charge in [-0.25, -0.2) is 0 Å². The van der Waals surface area contributed by atoms with Crippen LogP contribution in [0.15, 0.2) is 24.3 Å². The van der Waals surface area contributed by atoms with Crippen molar-refractivity contribution < 1.29 is 19.5 Å². The predicted molar refractivity (Wildman–Crippen MR) is 64.7 cm³/mol. The van der Waals surface area contributed by atoms with Crippen LogP contribution >= 0.6 is 0 Å². The van der Waals surface area contributed by atoms with E-state index in [2.05, 4.69) is 0 Å². The van der Waals surface area contributed by atoms with E-state index in [-0.39, 0.29) is 6.42 Å². The van der Waals surface area contributed by atoms with Gasteiger partial charge in [0.25, 0.3) is 0 Å². The van der Waals surface area contributed by atoms with Crippen molar-refractivity contribution in [2.75, 3.05) is 6.54 Å². The van der Waals surface area contributed by atoms with E-state index in [1.165, 1.54) is 0 Å². The number of carbonyl (C=O) groups is 3. The molecule has 1 heterocycles. The van der Waals surface area contributed by atoms with E-state index in [0.29, 0.717) is 6.42 Å². The third kappa shape index (κ3) is 2.99. The Morgan fingerprint density at radius 2 is 1.95 bits per heavy atom. The van der Waals surface area contributed by atoms with Gasteiger partial charge in [0.1, 0.15) is 0 Å². The lowest BCUT2D eigenvalue weighted by molar-refractivity contribution is -0.305. The predicted octanol–water partition coefficient (Wildman–Crippen LogP) is -0.337. The second-order valence-electron chi connectivity index (χ2n) is 4.78. The Balaban J connectivity index is 2.06. The first-order valence-electron chi connectivity index (χ1n) is 6.07. The van der Waals surface area contributed by atoms with Gasteiger partial charge in [-0.2, -0.15) is 0 Å². The zero-order chi connectivity index (χ0) is 14.0. The molecule has 2 rings (SSSR count). The Kier molecular flexibility index (Phi) is 3.64. The molecular formula is C14H14NO4-. The minimum atomic E-state index is -1.42. The highest BCUT2D eigenvalue weighted by Gasteiger charge is 2.38. The van der Waals surface area contributed by atoms with Crippen LogP contribution in [0.4, 0.5) is 0 Å². The van der Waals surface area contributed by atoms with Gasteiger partial charge in [0, 0.05) is 6.42 Å². The van der Waals surface area contributed by atoms with Gasteiger partial charge in [0.05, 0.1) is 18.4 Å². The number of carboxylic acids is 1. The fourth-order valence-corrected chi connectivity index (χ4v) is 2.21. The largest absolute Gasteiger partial charge is 0.548 e. The number of carboxylic acid groups (broad SMARTS) is 1. The normalized spacial score (nSPS) is 19.0. The van der Waals surface area contributed by atoms with Crippen molar-refractivity contribution in [3.05, 3.63) is 35.4 Å². The molecule has 100 valence electrons. The van der Waals surface area contributed by atoms with Crippen molar-refractivity contribution in [3.8, 4) is 0 Å². The molecule has 0 aliphatic carbocycles. The van der Waals surface area contributed by atoms with E-state index in [9.17, 15) is 19.5 Å². The number of hydrogen-bond acceptors (Lipinski definition) is 4. The van der Waals surface area contributed by atoms with Gasteiger partial charge in [0.15, 0.2) is 0 Å². The Labute approximate surface area is 110 Å². The second-order valence-corrected chi connectivity index (χ2v) is 4.78. The van der Waals surface area contributed by atoms with Crippen LogP contribution in [0.25, 0.3) is 0 Å². The maximum absolute atomic E-state index is 11.9. The summed E-state index contributed by atoms with van der Waals surface area (Å²) in [6.07, 6.45) is 0.522. The molecule has 0 unspecified atom stereocenters. The number of likely N-dealkylation sites (tertiary alicyclic amines) is 1. The summed E-state index contributed by atoms with van der Waals surface area (Å²) in [6, 6.07) is 7.70. The highest BCUT2D eigenvalue weighted by atomic mass is 16.4. The molecule has 0 spiro atoms. The van der Waals surface area contributed by atoms with Gasteiger partial charge in [-0.05, 0) is 18.9 Å². The lowest BCUT2D eigenvalue weighted by atomic mass is 9.97. The number of imide groups is 1. The van der Waals surface area contributed by atoms with E-state index in [0.717, 1.165) is 16.0 Å². The molecule has 0 N–H and O–H groups in total. The number of amides is 2. The Morgan fingerprint density at radius 1 is 1.32 bits per heavy atom. The number of aliphatic carboxylic acids is 1. The van der Waals surface area contributed by atoms with Crippen LogP contribution in [0.1, 0.15) is 17.5 Å². The summed E-state index contributed by atoms with van der Waals surface area (Å²) in [6.45, 7) is 1.32. The molecule has 1 aliphatic rings. The van der Waals surface area contributed by atoms with Crippen molar-refractivity contribution in [1.29, 1.82) is 0 Å². The molecule has 1 atom stereocenters. The quantitative estimate of drug-likeness (QED) is 0.694. The van der Waals surface area contributed by atoms with Crippen LogP contribution in [0.5, 0.6) is 0 Å². The summed E-state index contributed by atoms with van der Waals surface area (Å²) in [4.78, 5) is 34.8. The fraction of sp³-hybridized carbons (Fsp3) is 0.357. The number of benzene rings is 1. The average Bonchev–Trinajstić information content (AvgIpc) is 2.60. The molecule has 2 amide bonds. The maximum atomic E-state index is 11.9. The third-order valence-electron chi connectivity index (χ3n) is 3.23. The monoisotopic (exact) mass is 260 g/mol. The zero-order valence-electron chi connectivity index (χ0n) is 10.6. The smallest absolute Gasteiger partial charge is 0.233 e. The molecule has 1 aromatic carbocycles. The van der Waals surface area contributed by atoms with Crippen LogP contribution in [0, 0.1) is 12.8 Å². The van der Waals surface area contributed by atoms with Crippen LogP contribution in [0.2, 0.25) is 0 Å². The molecule has 0 aromatic heterocycles. The Bertz CT molecular complexity index is 521. The molecule has 5 nitrogen and oxygen atoms in total. The summed E-state index contributed by atoms with van der Waals surface area (Å²) in [5.41, 5.74) is 2.09. The molecule has 0 radical (unpaired) electrons. The first-order chi connectivity index (χ1) is 8.97. The van der Waals surface area contributed by atoms with Crippen molar-refractivity contribution in [2.45, 2.75) is 19.8 Å². The van der Waals surface area contributed by atoms with Gasteiger partial charge in [0.2, 0.25) is 11.8 Å². The van der Waals surface area contributed by atoms with E-state index in [1.807, 2.05) is 31.2 Å². The highest BCUT2D eigenvalue weighted by Crippen LogP contribution is 2.23. The van der Waals surface area contributed by atoms with Gasteiger partial charge in [-0.3, -0.25) is 14.5 Å². The van der Waals surface area contributed by atoms with Crippen LogP contribution < -0.4 is 5.11 Å². The van der Waals surface area contributed by atoms with Crippen LogP contribution in [-0.4, -0.2) is 29.2 Å². The summed E-state index contributed by atoms with van der Waals surface area (Å²) >= 11 is 0. The zero-order valence-corrected chi connectivity index (χ0v) is 10.6. The molecular weight excluding hydrogens is 246 g/mol. The number of aryl methyl sites for hydroxylation is 1. The van der Waals surface area contributed by atoms with Crippen LogP contribution in [-0.2, 0) is 20.8 Å². The van der Waals surface area contributed by atoms with Gasteiger partial charge >= 0.3 is 0 Å². The standard InChI is InChI=1S/C14H15NO4/c1-9-2-4-10(5-3-9)6-11-7-12(16)15(14(11)19)8-13(17)18/h2-5,11H,6-8H2,1H3,(H,17,18)/p-1/t11-/m1/s1. The first kappa shape index (κ1) is 13.3. The third-order valence-corrected chi connectivity index (χ3v) is 3.23. The van der Waals surface area contributed by atoms with Crippen molar-refractivity contribution >= 4 is 17.8 Å². The molecule has 1 aliphatic heterocycles. The highest BCUT2D eigenvalue weighted by molar-refractivity contribution is 6.05. The number of hydrogen-bond donors (Lipinski definition) is 0. The summed E-state index contributed by atoms with van der Waals surface area (Å²) in [7, 11) is 0. The van der Waals surface area contributed by atoms with Gasteiger partial charge in [-0.15, -0.1) is 0 Å². The Morgan fingerprint density at radius 3 is 2.53 bits per heavy atom. The molecule has 0 saturated carbocycles. The van der Waals surface area contributed by atoms with E-state index in [1.54, 1.807) is 0 Å². The topological polar surface area (TPSA) is 77.5 Å². The maximum Gasteiger partial charge on any atom is 0.233 e. The van der Waals surface area contributed by atoms with E-state index >= 15 is 0 Å². The van der Waals surface area contributed by atoms with E-state index in [4.69, 9.17) is 0 Å². The Hall–Kier alpha value is -2.17. The first-order valence-corrected chi connectivity index (χ1v) is 6.07. The molecule has 0 bridgehead atoms. The second kappa shape index (κ2) is 5.22. The van der Waals surface area contributed by atoms with Crippen molar-refractivity contribution in [3.63, 3.8) is 0 Å². The molecule has 1 saturated heterocycles. The number of nitrogens with zero attached hydrogens (tertiary/aromatic N) is 1. The van der Waals surface area contributed by atoms with Gasteiger partial charge in [-0.1, -0.05) is 29.8 Å². The molecule has 5 heteroatoms. The molecule has 19 heavy (non-hydrogen) atoms.